The van der Waals surface area contributed by atoms with Gasteiger partial charge in [-0.2, -0.15) is 0 Å². The molecular formula is C5H12N2O2S. The monoisotopic (exact) mass is 164 g/mol. The molecule has 1 rings (SSSR count). The smallest absolute Gasteiger partial charge is 0.154 e. The van der Waals surface area contributed by atoms with Gasteiger partial charge in [0.1, 0.15) is 0 Å². The molecule has 3 N–H and O–H groups in total. The lowest BCUT2D eigenvalue weighted by Gasteiger charge is -2.10. The summed E-state index contributed by atoms with van der Waals surface area (Å²) < 4.78 is 22.1. The van der Waals surface area contributed by atoms with Crippen LogP contribution in [0.1, 0.15) is 13.3 Å². The van der Waals surface area contributed by atoms with Crippen molar-refractivity contribution in [2.24, 2.45) is 5.84 Å². The van der Waals surface area contributed by atoms with Crippen molar-refractivity contribution in [2.45, 2.75) is 24.6 Å². The summed E-state index contributed by atoms with van der Waals surface area (Å²) in [6.07, 6.45) is 0.639. The van der Waals surface area contributed by atoms with E-state index in [0.717, 1.165) is 0 Å². The van der Waals surface area contributed by atoms with E-state index in [1.54, 1.807) is 6.92 Å². The lowest BCUT2D eigenvalue weighted by atomic mass is 10.2. The number of hydrazine groups is 1. The van der Waals surface area contributed by atoms with E-state index in [4.69, 9.17) is 5.84 Å². The second-order valence-electron chi connectivity index (χ2n) is 2.63. The SMILES string of the molecule is CC1C(NN)CCS1(=O)=O. The number of hydrogen-bond acceptors (Lipinski definition) is 4. The molecule has 4 nitrogen and oxygen atoms in total. The molecule has 0 aromatic heterocycles. The van der Waals surface area contributed by atoms with Crippen molar-refractivity contribution < 1.29 is 8.42 Å². The Morgan fingerprint density at radius 1 is 1.60 bits per heavy atom. The van der Waals surface area contributed by atoms with Crippen molar-refractivity contribution in [2.75, 3.05) is 5.75 Å². The maximum absolute atomic E-state index is 11.0. The Balaban J connectivity index is 2.77. The van der Waals surface area contributed by atoms with E-state index in [0.29, 0.717) is 6.42 Å². The minimum Gasteiger partial charge on any atom is -0.271 e. The molecule has 60 valence electrons. The number of nitrogens with two attached hydrogens (primary N) is 1. The van der Waals surface area contributed by atoms with Gasteiger partial charge < -0.3 is 0 Å². The molecule has 0 aliphatic carbocycles. The van der Waals surface area contributed by atoms with Crippen LogP contribution in [0.25, 0.3) is 0 Å². The van der Waals surface area contributed by atoms with Crippen LogP contribution in [0.2, 0.25) is 0 Å². The molecule has 1 heterocycles. The van der Waals surface area contributed by atoms with Crippen molar-refractivity contribution in [1.29, 1.82) is 0 Å². The van der Waals surface area contributed by atoms with Gasteiger partial charge in [0, 0.05) is 6.04 Å². The van der Waals surface area contributed by atoms with Crippen LogP contribution in [0.3, 0.4) is 0 Å². The Labute approximate surface area is 60.7 Å². The Morgan fingerprint density at radius 2 is 2.20 bits per heavy atom. The Hall–Kier alpha value is -0.130. The van der Waals surface area contributed by atoms with Gasteiger partial charge in [0.2, 0.25) is 0 Å². The van der Waals surface area contributed by atoms with Crippen molar-refractivity contribution in [3.8, 4) is 0 Å². The molecule has 10 heavy (non-hydrogen) atoms. The van der Waals surface area contributed by atoms with E-state index in [9.17, 15) is 8.42 Å². The summed E-state index contributed by atoms with van der Waals surface area (Å²) in [6, 6.07) is -0.0509. The topological polar surface area (TPSA) is 72.2 Å². The fraction of sp³-hybridized carbons (Fsp3) is 1.00. The first-order valence-corrected chi connectivity index (χ1v) is 4.97. The van der Waals surface area contributed by atoms with E-state index in [1.807, 2.05) is 0 Å². The first kappa shape index (κ1) is 7.97. The number of nitrogens with one attached hydrogen (secondary N) is 1. The molecule has 0 saturated carbocycles. The molecule has 0 spiro atoms. The zero-order chi connectivity index (χ0) is 7.78. The number of hydrogen-bond donors (Lipinski definition) is 2. The lowest BCUT2D eigenvalue weighted by Crippen LogP contribution is -2.40. The highest BCUT2D eigenvalue weighted by molar-refractivity contribution is 7.92. The Bertz CT molecular complexity index is 212. The molecule has 2 atom stereocenters. The van der Waals surface area contributed by atoms with Crippen LogP contribution in [0.15, 0.2) is 0 Å². The second kappa shape index (κ2) is 2.48. The molecule has 0 aromatic carbocycles. The van der Waals surface area contributed by atoms with Gasteiger partial charge in [0.15, 0.2) is 9.84 Å². The summed E-state index contributed by atoms with van der Waals surface area (Å²) >= 11 is 0. The highest BCUT2D eigenvalue weighted by Crippen LogP contribution is 2.18. The van der Waals surface area contributed by atoms with Crippen molar-refractivity contribution in [3.63, 3.8) is 0 Å². The summed E-state index contributed by atoms with van der Waals surface area (Å²) in [5.74, 6) is 5.40. The summed E-state index contributed by atoms with van der Waals surface area (Å²) in [7, 11) is -2.83. The standard InChI is InChI=1S/C5H12N2O2S/c1-4-5(7-6)2-3-10(4,8)9/h4-5,7H,2-3,6H2,1H3. The minimum absolute atomic E-state index is 0.0509. The predicted octanol–water partition coefficient (Wildman–Crippen LogP) is -0.975. The fourth-order valence-corrected chi connectivity index (χ4v) is 2.85. The molecule has 1 fully saturated rings. The average Bonchev–Trinajstić information content (AvgIpc) is 2.10. The van der Waals surface area contributed by atoms with Crippen LogP contribution >= 0.6 is 0 Å². The molecule has 0 amide bonds. The average molecular weight is 164 g/mol. The van der Waals surface area contributed by atoms with E-state index in [-0.39, 0.29) is 17.0 Å². The van der Waals surface area contributed by atoms with Gasteiger partial charge in [-0.1, -0.05) is 0 Å². The van der Waals surface area contributed by atoms with Gasteiger partial charge in [0.25, 0.3) is 0 Å². The molecule has 1 aliphatic heterocycles. The van der Waals surface area contributed by atoms with Crippen LogP contribution in [0.4, 0.5) is 0 Å². The van der Waals surface area contributed by atoms with Crippen LogP contribution in [-0.2, 0) is 9.84 Å². The normalized spacial score (nSPS) is 38.2. The van der Waals surface area contributed by atoms with Crippen LogP contribution < -0.4 is 11.3 Å². The van der Waals surface area contributed by atoms with E-state index in [2.05, 4.69) is 5.43 Å². The van der Waals surface area contributed by atoms with Crippen molar-refractivity contribution >= 4 is 9.84 Å². The highest BCUT2D eigenvalue weighted by atomic mass is 32.2. The zero-order valence-electron chi connectivity index (χ0n) is 5.87. The summed E-state index contributed by atoms with van der Waals surface area (Å²) in [6.45, 7) is 1.69. The molecule has 0 aromatic rings. The quantitative estimate of drug-likeness (QED) is 0.386. The molecular weight excluding hydrogens is 152 g/mol. The van der Waals surface area contributed by atoms with Gasteiger partial charge >= 0.3 is 0 Å². The maximum atomic E-state index is 11.0. The fourth-order valence-electron chi connectivity index (χ4n) is 1.18. The van der Waals surface area contributed by atoms with Crippen LogP contribution in [0.5, 0.6) is 0 Å². The van der Waals surface area contributed by atoms with E-state index >= 15 is 0 Å². The van der Waals surface area contributed by atoms with Gasteiger partial charge in [-0.25, -0.2) is 8.42 Å². The summed E-state index contributed by atoms with van der Waals surface area (Å²) in [5, 5.41) is -0.322. The van der Waals surface area contributed by atoms with Crippen molar-refractivity contribution in [1.82, 2.24) is 5.43 Å². The van der Waals surface area contributed by atoms with Gasteiger partial charge in [0.05, 0.1) is 11.0 Å². The highest BCUT2D eigenvalue weighted by Gasteiger charge is 2.35. The Morgan fingerprint density at radius 3 is 2.40 bits per heavy atom. The van der Waals surface area contributed by atoms with Crippen LogP contribution in [-0.4, -0.2) is 25.5 Å². The molecule has 1 aliphatic rings. The molecule has 5 heteroatoms. The first-order chi connectivity index (χ1) is 4.58. The first-order valence-electron chi connectivity index (χ1n) is 3.25. The third-order valence-corrected chi connectivity index (χ3v) is 4.33. The zero-order valence-corrected chi connectivity index (χ0v) is 6.69. The third-order valence-electron chi connectivity index (χ3n) is 2.06. The largest absolute Gasteiger partial charge is 0.271 e. The summed E-state index contributed by atoms with van der Waals surface area (Å²) in [4.78, 5) is 0. The molecule has 0 bridgehead atoms. The Kier molecular flexibility index (Phi) is 1.98. The number of rotatable bonds is 1. The minimum atomic E-state index is -2.83. The van der Waals surface area contributed by atoms with Crippen molar-refractivity contribution in [3.05, 3.63) is 0 Å². The second-order valence-corrected chi connectivity index (χ2v) is 5.11. The lowest BCUT2D eigenvalue weighted by molar-refractivity contribution is 0.521. The molecule has 2 unspecified atom stereocenters. The van der Waals surface area contributed by atoms with Gasteiger partial charge in [-0.05, 0) is 13.3 Å². The van der Waals surface area contributed by atoms with E-state index < -0.39 is 9.84 Å². The summed E-state index contributed by atoms with van der Waals surface area (Å²) in [5.41, 5.74) is 2.49. The van der Waals surface area contributed by atoms with E-state index in [1.165, 1.54) is 0 Å². The van der Waals surface area contributed by atoms with Gasteiger partial charge in [-0.15, -0.1) is 0 Å². The predicted molar refractivity (Wildman–Crippen MR) is 39.0 cm³/mol. The third kappa shape index (κ3) is 1.16. The van der Waals surface area contributed by atoms with Gasteiger partial charge in [-0.3, -0.25) is 11.3 Å². The maximum Gasteiger partial charge on any atom is 0.154 e. The number of sulfone groups is 1. The molecule has 0 radical (unpaired) electrons. The van der Waals surface area contributed by atoms with Crippen LogP contribution in [0, 0.1) is 0 Å². The molecule has 1 saturated heterocycles.